The molecule has 0 aliphatic heterocycles. The average molecular weight is 326 g/mol. The fourth-order valence-electron chi connectivity index (χ4n) is 3.81. The Kier molecular flexibility index (Phi) is 3.43. The number of hydrogen-bond acceptors (Lipinski definition) is 2. The van der Waals surface area contributed by atoms with E-state index in [1.54, 1.807) is 24.3 Å². The minimum atomic E-state index is -0.146. The second kappa shape index (κ2) is 5.52. The molecule has 0 saturated heterocycles. The Hall–Kier alpha value is -3.00. The molecule has 3 aromatic carbocycles. The van der Waals surface area contributed by atoms with Crippen LogP contribution in [0.2, 0.25) is 0 Å². The number of hydrogen-bond donors (Lipinski definition) is 0. The standard InChI is InChI=1S/C23H18O2/c1-23(2)20-10-6-5-9-18(20)19-12-11-15(13-21(19)23)22(25)17-8-4-3-7-16(17)14-24/h3-14H,1-2H3. The topological polar surface area (TPSA) is 34.1 Å². The fourth-order valence-corrected chi connectivity index (χ4v) is 3.81. The maximum absolute atomic E-state index is 13.0. The van der Waals surface area contributed by atoms with Gasteiger partial charge in [0.1, 0.15) is 0 Å². The summed E-state index contributed by atoms with van der Waals surface area (Å²) in [6.07, 6.45) is 0.736. The van der Waals surface area contributed by atoms with E-state index in [2.05, 4.69) is 32.0 Å². The lowest BCUT2D eigenvalue weighted by Crippen LogP contribution is -2.16. The van der Waals surface area contributed by atoms with Crippen LogP contribution < -0.4 is 0 Å². The van der Waals surface area contributed by atoms with Crippen molar-refractivity contribution in [2.45, 2.75) is 19.3 Å². The van der Waals surface area contributed by atoms with Gasteiger partial charge in [-0.1, -0.05) is 74.5 Å². The van der Waals surface area contributed by atoms with E-state index >= 15 is 0 Å². The molecule has 0 N–H and O–H groups in total. The summed E-state index contributed by atoms with van der Waals surface area (Å²) in [6, 6.07) is 21.2. The molecular formula is C23H18O2. The van der Waals surface area contributed by atoms with Crippen LogP contribution in [-0.2, 0) is 5.41 Å². The molecule has 3 aromatic rings. The van der Waals surface area contributed by atoms with Crippen LogP contribution in [-0.4, -0.2) is 12.1 Å². The summed E-state index contributed by atoms with van der Waals surface area (Å²) < 4.78 is 0. The van der Waals surface area contributed by atoms with Crippen molar-refractivity contribution in [2.75, 3.05) is 0 Å². The van der Waals surface area contributed by atoms with Gasteiger partial charge in [0.05, 0.1) is 0 Å². The lowest BCUT2D eigenvalue weighted by Gasteiger charge is -2.21. The summed E-state index contributed by atoms with van der Waals surface area (Å²) in [5.41, 5.74) is 6.20. The molecule has 2 heteroatoms. The molecule has 0 amide bonds. The molecule has 0 saturated carbocycles. The number of fused-ring (bicyclic) bond motifs is 3. The molecule has 0 fully saturated rings. The first-order valence-electron chi connectivity index (χ1n) is 8.37. The zero-order chi connectivity index (χ0) is 17.6. The van der Waals surface area contributed by atoms with E-state index in [-0.39, 0.29) is 11.2 Å². The van der Waals surface area contributed by atoms with E-state index in [0.29, 0.717) is 16.7 Å². The normalized spacial score (nSPS) is 13.8. The highest BCUT2D eigenvalue weighted by atomic mass is 16.1. The third-order valence-corrected chi connectivity index (χ3v) is 5.18. The maximum atomic E-state index is 13.0. The maximum Gasteiger partial charge on any atom is 0.193 e. The Morgan fingerprint density at radius 3 is 2.32 bits per heavy atom. The molecule has 0 heterocycles. The number of aldehydes is 1. The number of carbonyl (C=O) groups excluding carboxylic acids is 2. The van der Waals surface area contributed by atoms with Gasteiger partial charge in [-0.15, -0.1) is 0 Å². The zero-order valence-electron chi connectivity index (χ0n) is 14.2. The van der Waals surface area contributed by atoms with E-state index in [0.717, 1.165) is 11.8 Å². The van der Waals surface area contributed by atoms with Crippen LogP contribution in [0.4, 0.5) is 0 Å². The molecule has 122 valence electrons. The molecule has 4 rings (SSSR count). The van der Waals surface area contributed by atoms with Gasteiger partial charge in [-0.3, -0.25) is 9.59 Å². The van der Waals surface area contributed by atoms with Crippen molar-refractivity contribution >= 4 is 12.1 Å². The van der Waals surface area contributed by atoms with Crippen LogP contribution in [0.15, 0.2) is 66.7 Å². The van der Waals surface area contributed by atoms with Crippen molar-refractivity contribution in [2.24, 2.45) is 0 Å². The second-order valence-corrected chi connectivity index (χ2v) is 6.97. The van der Waals surface area contributed by atoms with Gasteiger partial charge >= 0.3 is 0 Å². The molecule has 25 heavy (non-hydrogen) atoms. The second-order valence-electron chi connectivity index (χ2n) is 6.97. The van der Waals surface area contributed by atoms with Crippen LogP contribution in [0.3, 0.4) is 0 Å². The molecule has 1 aliphatic rings. The van der Waals surface area contributed by atoms with Gasteiger partial charge in [0.25, 0.3) is 0 Å². The van der Waals surface area contributed by atoms with Gasteiger partial charge < -0.3 is 0 Å². The Bertz CT molecular complexity index is 1010. The van der Waals surface area contributed by atoms with Gasteiger partial charge in [-0.25, -0.2) is 0 Å². The summed E-state index contributed by atoms with van der Waals surface area (Å²) in [4.78, 5) is 24.2. The van der Waals surface area contributed by atoms with E-state index < -0.39 is 0 Å². The molecule has 2 nitrogen and oxygen atoms in total. The Morgan fingerprint density at radius 2 is 1.52 bits per heavy atom. The number of benzene rings is 3. The third kappa shape index (κ3) is 2.25. The zero-order valence-corrected chi connectivity index (χ0v) is 14.2. The first-order valence-corrected chi connectivity index (χ1v) is 8.37. The van der Waals surface area contributed by atoms with Crippen molar-refractivity contribution in [1.29, 1.82) is 0 Å². The van der Waals surface area contributed by atoms with Crippen molar-refractivity contribution < 1.29 is 9.59 Å². The van der Waals surface area contributed by atoms with E-state index in [1.807, 2.05) is 24.3 Å². The van der Waals surface area contributed by atoms with Crippen molar-refractivity contribution in [1.82, 2.24) is 0 Å². The quantitative estimate of drug-likeness (QED) is 0.499. The Morgan fingerprint density at radius 1 is 0.840 bits per heavy atom. The fraction of sp³-hybridized carbons (Fsp3) is 0.130. The van der Waals surface area contributed by atoms with Gasteiger partial charge in [-0.2, -0.15) is 0 Å². The van der Waals surface area contributed by atoms with Crippen LogP contribution >= 0.6 is 0 Å². The molecular weight excluding hydrogens is 308 g/mol. The summed E-state index contributed by atoms with van der Waals surface area (Å²) in [5.74, 6) is -0.114. The lowest BCUT2D eigenvalue weighted by molar-refractivity contribution is 0.102. The summed E-state index contributed by atoms with van der Waals surface area (Å²) in [5, 5.41) is 0. The Balaban J connectivity index is 1.85. The molecule has 1 aliphatic carbocycles. The number of rotatable bonds is 3. The summed E-state index contributed by atoms with van der Waals surface area (Å²) >= 11 is 0. The van der Waals surface area contributed by atoms with Crippen molar-refractivity contribution in [3.8, 4) is 11.1 Å². The third-order valence-electron chi connectivity index (χ3n) is 5.18. The van der Waals surface area contributed by atoms with Gasteiger partial charge in [-0.05, 0) is 28.3 Å². The smallest absolute Gasteiger partial charge is 0.193 e. The Labute approximate surface area is 147 Å². The van der Waals surface area contributed by atoms with Crippen LogP contribution in [0.5, 0.6) is 0 Å². The first-order chi connectivity index (χ1) is 12.0. The highest BCUT2D eigenvalue weighted by Gasteiger charge is 2.35. The van der Waals surface area contributed by atoms with Crippen molar-refractivity contribution in [3.05, 3.63) is 94.5 Å². The molecule has 0 unspecified atom stereocenters. The summed E-state index contributed by atoms with van der Waals surface area (Å²) in [6.45, 7) is 4.37. The molecule has 0 aromatic heterocycles. The highest BCUT2D eigenvalue weighted by molar-refractivity contribution is 6.13. The molecule has 0 atom stereocenters. The predicted octanol–water partition coefficient (Wildman–Crippen LogP) is 5.04. The van der Waals surface area contributed by atoms with Crippen LogP contribution in [0, 0.1) is 0 Å². The lowest BCUT2D eigenvalue weighted by atomic mass is 9.81. The molecule has 0 spiro atoms. The molecule has 0 bridgehead atoms. The number of carbonyl (C=O) groups is 2. The van der Waals surface area contributed by atoms with E-state index in [1.165, 1.54) is 16.7 Å². The SMILES string of the molecule is CC1(C)c2ccccc2-c2ccc(C(=O)c3ccccc3C=O)cc21. The van der Waals surface area contributed by atoms with Gasteiger partial charge in [0.2, 0.25) is 0 Å². The summed E-state index contributed by atoms with van der Waals surface area (Å²) in [7, 11) is 0. The van der Waals surface area contributed by atoms with Crippen LogP contribution in [0.25, 0.3) is 11.1 Å². The monoisotopic (exact) mass is 326 g/mol. The van der Waals surface area contributed by atoms with Gasteiger partial charge in [0, 0.05) is 22.1 Å². The predicted molar refractivity (Wildman–Crippen MR) is 99.3 cm³/mol. The van der Waals surface area contributed by atoms with E-state index in [4.69, 9.17) is 0 Å². The van der Waals surface area contributed by atoms with E-state index in [9.17, 15) is 9.59 Å². The minimum absolute atomic E-state index is 0.114. The highest BCUT2D eigenvalue weighted by Crippen LogP contribution is 2.48. The van der Waals surface area contributed by atoms with Crippen molar-refractivity contribution in [3.63, 3.8) is 0 Å². The minimum Gasteiger partial charge on any atom is -0.298 e. The largest absolute Gasteiger partial charge is 0.298 e. The molecule has 0 radical (unpaired) electrons. The van der Waals surface area contributed by atoms with Gasteiger partial charge in [0.15, 0.2) is 12.1 Å². The average Bonchev–Trinajstić information content (AvgIpc) is 2.89. The number of ketones is 1. The van der Waals surface area contributed by atoms with Crippen LogP contribution in [0.1, 0.15) is 51.3 Å². The first kappa shape index (κ1) is 15.5.